The van der Waals surface area contributed by atoms with E-state index in [9.17, 15) is 13.7 Å². The van der Waals surface area contributed by atoms with Crippen molar-refractivity contribution in [3.8, 4) is 6.07 Å². The number of para-hydroxylation sites is 2. The molecule has 0 aliphatic carbocycles. The van der Waals surface area contributed by atoms with Gasteiger partial charge in [-0.3, -0.25) is 0 Å². The molecule has 2 unspecified atom stereocenters. The standard InChI is InChI=1S/C16H11BrClN3O2S/c17-10-5-7-11(8-6-10)24(22,23)14(9-19)15-16(18)21-13-4-2-1-3-12(13)20-15/h1-8,14-15,20H. The predicted molar refractivity (Wildman–Crippen MR) is 97.5 cm³/mol. The molecule has 0 bridgehead atoms. The van der Waals surface area contributed by atoms with E-state index in [0.717, 1.165) is 4.47 Å². The number of sulfone groups is 1. The summed E-state index contributed by atoms with van der Waals surface area (Å²) >= 11 is 9.43. The zero-order valence-electron chi connectivity index (χ0n) is 12.1. The first-order valence-electron chi connectivity index (χ1n) is 6.92. The number of nitriles is 1. The fourth-order valence-corrected chi connectivity index (χ4v) is 4.51. The maximum atomic E-state index is 12.8. The molecule has 5 nitrogen and oxygen atoms in total. The smallest absolute Gasteiger partial charge is 0.197 e. The lowest BCUT2D eigenvalue weighted by atomic mass is 10.1. The average molecular weight is 425 g/mol. The third kappa shape index (κ3) is 3.05. The van der Waals surface area contributed by atoms with E-state index < -0.39 is 21.1 Å². The molecule has 1 aliphatic rings. The van der Waals surface area contributed by atoms with Crippen molar-refractivity contribution in [1.29, 1.82) is 5.26 Å². The molecule has 24 heavy (non-hydrogen) atoms. The first-order valence-corrected chi connectivity index (χ1v) is 9.64. The number of hydrogen-bond donors (Lipinski definition) is 1. The van der Waals surface area contributed by atoms with Gasteiger partial charge in [-0.2, -0.15) is 5.26 Å². The van der Waals surface area contributed by atoms with Crippen LogP contribution in [-0.4, -0.2) is 24.9 Å². The van der Waals surface area contributed by atoms with Crippen molar-refractivity contribution in [2.75, 3.05) is 5.32 Å². The predicted octanol–water partition coefficient (Wildman–Crippen LogP) is 3.88. The van der Waals surface area contributed by atoms with E-state index in [0.29, 0.717) is 11.4 Å². The Morgan fingerprint density at radius 2 is 1.88 bits per heavy atom. The van der Waals surface area contributed by atoms with Gasteiger partial charge in [0.25, 0.3) is 0 Å². The van der Waals surface area contributed by atoms with Crippen LogP contribution < -0.4 is 5.32 Å². The second kappa shape index (κ2) is 6.55. The minimum absolute atomic E-state index is 0.0425. The van der Waals surface area contributed by atoms with Crippen LogP contribution in [0.4, 0.5) is 11.4 Å². The van der Waals surface area contributed by atoms with Gasteiger partial charge >= 0.3 is 0 Å². The van der Waals surface area contributed by atoms with Crippen molar-refractivity contribution >= 4 is 53.9 Å². The summed E-state index contributed by atoms with van der Waals surface area (Å²) in [5.74, 6) is 0. The fraction of sp³-hybridized carbons (Fsp3) is 0.125. The van der Waals surface area contributed by atoms with Gasteiger partial charge in [0.05, 0.1) is 22.3 Å². The molecular formula is C16H11BrClN3O2S. The van der Waals surface area contributed by atoms with Crippen molar-refractivity contribution in [2.45, 2.75) is 16.2 Å². The number of benzene rings is 2. The maximum absolute atomic E-state index is 12.8. The minimum atomic E-state index is -3.91. The quantitative estimate of drug-likeness (QED) is 0.810. The van der Waals surface area contributed by atoms with Crippen molar-refractivity contribution in [3.05, 3.63) is 53.0 Å². The van der Waals surface area contributed by atoms with Gasteiger partial charge in [0.1, 0.15) is 11.2 Å². The average Bonchev–Trinajstić information content (AvgIpc) is 2.56. The van der Waals surface area contributed by atoms with Crippen LogP contribution in [0.25, 0.3) is 0 Å². The van der Waals surface area contributed by atoms with Gasteiger partial charge in [0.2, 0.25) is 0 Å². The molecule has 8 heteroatoms. The van der Waals surface area contributed by atoms with Crippen LogP contribution in [0.2, 0.25) is 0 Å². The third-order valence-electron chi connectivity index (χ3n) is 3.61. The van der Waals surface area contributed by atoms with Gasteiger partial charge in [0, 0.05) is 4.47 Å². The van der Waals surface area contributed by atoms with Gasteiger partial charge < -0.3 is 5.32 Å². The molecule has 2 aromatic rings. The lowest BCUT2D eigenvalue weighted by Gasteiger charge is -2.27. The molecule has 3 rings (SSSR count). The van der Waals surface area contributed by atoms with E-state index in [-0.39, 0.29) is 10.1 Å². The molecule has 0 saturated carbocycles. The summed E-state index contributed by atoms with van der Waals surface area (Å²) in [7, 11) is -3.91. The van der Waals surface area contributed by atoms with Crippen LogP contribution in [0.3, 0.4) is 0 Å². The summed E-state index contributed by atoms with van der Waals surface area (Å²) < 4.78 is 26.4. The van der Waals surface area contributed by atoms with E-state index in [4.69, 9.17) is 11.6 Å². The largest absolute Gasteiger partial charge is 0.372 e. The maximum Gasteiger partial charge on any atom is 0.197 e. The van der Waals surface area contributed by atoms with Gasteiger partial charge in [0.15, 0.2) is 15.1 Å². The number of fused-ring (bicyclic) bond motifs is 1. The van der Waals surface area contributed by atoms with Crippen LogP contribution in [-0.2, 0) is 9.84 Å². The SMILES string of the molecule is N#CC(C1Nc2ccccc2N=C1Cl)S(=O)(=O)c1ccc(Br)cc1. The summed E-state index contributed by atoms with van der Waals surface area (Å²) in [6.07, 6.45) is 0. The molecule has 1 heterocycles. The van der Waals surface area contributed by atoms with Crippen LogP contribution in [0.1, 0.15) is 0 Å². The fourth-order valence-electron chi connectivity index (χ4n) is 2.40. The highest BCUT2D eigenvalue weighted by atomic mass is 79.9. The Morgan fingerprint density at radius 3 is 2.54 bits per heavy atom. The van der Waals surface area contributed by atoms with E-state index >= 15 is 0 Å². The molecule has 0 spiro atoms. The third-order valence-corrected chi connectivity index (χ3v) is 6.43. The lowest BCUT2D eigenvalue weighted by molar-refractivity contribution is 0.587. The number of halogens is 2. The highest BCUT2D eigenvalue weighted by molar-refractivity contribution is 9.10. The highest BCUT2D eigenvalue weighted by Gasteiger charge is 2.39. The molecule has 0 saturated heterocycles. The minimum Gasteiger partial charge on any atom is -0.372 e. The Morgan fingerprint density at radius 1 is 1.21 bits per heavy atom. The first kappa shape index (κ1) is 17.0. The van der Waals surface area contributed by atoms with Crippen molar-refractivity contribution in [2.24, 2.45) is 4.99 Å². The number of rotatable bonds is 3. The molecule has 0 aromatic heterocycles. The number of hydrogen-bond acceptors (Lipinski definition) is 5. The van der Waals surface area contributed by atoms with Gasteiger partial charge in [-0.15, -0.1) is 0 Å². The Kier molecular flexibility index (Phi) is 4.63. The normalized spacial score (nSPS) is 17.9. The molecule has 2 aromatic carbocycles. The molecule has 0 fully saturated rings. The van der Waals surface area contributed by atoms with E-state index in [1.165, 1.54) is 12.1 Å². The summed E-state index contributed by atoms with van der Waals surface area (Å²) in [5, 5.41) is 11.2. The van der Waals surface area contributed by atoms with Crippen LogP contribution in [0, 0.1) is 11.3 Å². The second-order valence-electron chi connectivity index (χ2n) is 5.12. The summed E-state index contributed by atoms with van der Waals surface area (Å²) in [5.41, 5.74) is 1.25. The number of nitrogens with one attached hydrogen (secondary N) is 1. The first-order chi connectivity index (χ1) is 11.4. The molecule has 0 radical (unpaired) electrons. The Balaban J connectivity index is 2.01. The highest BCUT2D eigenvalue weighted by Crippen LogP contribution is 2.33. The van der Waals surface area contributed by atoms with E-state index in [1.54, 1.807) is 36.4 Å². The molecular weight excluding hydrogens is 414 g/mol. The number of anilines is 1. The van der Waals surface area contributed by atoms with E-state index in [2.05, 4.69) is 26.2 Å². The molecule has 0 amide bonds. The summed E-state index contributed by atoms with van der Waals surface area (Å²) in [4.78, 5) is 4.27. The van der Waals surface area contributed by atoms with Crippen LogP contribution in [0.15, 0.2) is 62.9 Å². The lowest BCUT2D eigenvalue weighted by Crippen LogP contribution is -2.43. The molecule has 1 aliphatic heterocycles. The number of aliphatic imine (C=N–C) groups is 1. The summed E-state index contributed by atoms with van der Waals surface area (Å²) in [6, 6.07) is 14.2. The zero-order chi connectivity index (χ0) is 17.3. The van der Waals surface area contributed by atoms with Crippen LogP contribution in [0.5, 0.6) is 0 Å². The van der Waals surface area contributed by atoms with E-state index in [1.807, 2.05) is 6.07 Å². The number of nitrogens with zero attached hydrogens (tertiary/aromatic N) is 2. The summed E-state index contributed by atoms with van der Waals surface area (Å²) in [6.45, 7) is 0. The van der Waals surface area contributed by atoms with Crippen LogP contribution >= 0.6 is 27.5 Å². The van der Waals surface area contributed by atoms with Crippen molar-refractivity contribution in [3.63, 3.8) is 0 Å². The monoisotopic (exact) mass is 423 g/mol. The Labute approximate surface area is 153 Å². The Hall–Kier alpha value is -1.88. The second-order valence-corrected chi connectivity index (χ2v) is 8.49. The van der Waals surface area contributed by atoms with Crippen molar-refractivity contribution < 1.29 is 8.42 Å². The molecule has 2 atom stereocenters. The van der Waals surface area contributed by atoms with Gasteiger partial charge in [-0.1, -0.05) is 39.7 Å². The Bertz CT molecular complexity index is 952. The van der Waals surface area contributed by atoms with Crippen molar-refractivity contribution in [1.82, 2.24) is 0 Å². The van der Waals surface area contributed by atoms with Gasteiger partial charge in [-0.05, 0) is 36.4 Å². The topological polar surface area (TPSA) is 82.3 Å². The van der Waals surface area contributed by atoms with Gasteiger partial charge in [-0.25, -0.2) is 13.4 Å². The molecule has 1 N–H and O–H groups in total. The zero-order valence-corrected chi connectivity index (χ0v) is 15.3. The molecule has 122 valence electrons.